The summed E-state index contributed by atoms with van der Waals surface area (Å²) in [4.78, 5) is 23.5. The van der Waals surface area contributed by atoms with E-state index in [0.717, 1.165) is 35.7 Å². The van der Waals surface area contributed by atoms with Gasteiger partial charge < -0.3 is 5.11 Å². The van der Waals surface area contributed by atoms with E-state index in [1.54, 1.807) is 6.07 Å². The second-order valence-corrected chi connectivity index (χ2v) is 10.7. The summed E-state index contributed by atoms with van der Waals surface area (Å²) >= 11 is 0.778. The third-order valence-electron chi connectivity index (χ3n) is 6.51. The topological polar surface area (TPSA) is 66.4 Å². The molecule has 2 N–H and O–H groups in total. The van der Waals surface area contributed by atoms with Crippen molar-refractivity contribution in [2.24, 2.45) is 0 Å². The van der Waals surface area contributed by atoms with E-state index >= 15 is 0 Å². The number of halogens is 1. The number of phenols is 1. The van der Waals surface area contributed by atoms with E-state index in [0.29, 0.717) is 11.1 Å². The number of carbonyl (C=O) groups excluding carboxylic acids is 2. The van der Waals surface area contributed by atoms with Gasteiger partial charge in [0.1, 0.15) is 0 Å². The monoisotopic (exact) mass is 439 g/mol. The Kier molecular flexibility index (Phi) is 5.04. The molecule has 1 aliphatic heterocycles. The van der Waals surface area contributed by atoms with E-state index in [1.165, 1.54) is 23.3 Å². The molecule has 0 spiro atoms. The van der Waals surface area contributed by atoms with Crippen LogP contribution in [0.25, 0.3) is 17.2 Å². The molecule has 1 saturated heterocycles. The van der Waals surface area contributed by atoms with Crippen LogP contribution in [0.2, 0.25) is 0 Å². The highest BCUT2D eigenvalue weighted by molar-refractivity contribution is 8.18. The number of rotatable bonds is 2. The fraction of sp³-hybridized carbons (Fsp3) is 0.360. The lowest BCUT2D eigenvalue weighted by molar-refractivity contribution is -0.115. The van der Waals surface area contributed by atoms with Crippen LogP contribution in [0.1, 0.15) is 62.8 Å². The molecule has 2 aliphatic rings. The zero-order valence-electron chi connectivity index (χ0n) is 18.4. The number of benzene rings is 2. The summed E-state index contributed by atoms with van der Waals surface area (Å²) in [6.45, 7) is 10.9. The molecule has 2 aromatic rings. The van der Waals surface area contributed by atoms with E-state index < -0.39 is 22.7 Å². The van der Waals surface area contributed by atoms with Crippen LogP contribution in [0.15, 0.2) is 29.2 Å². The molecule has 1 heterocycles. The van der Waals surface area contributed by atoms with Gasteiger partial charge in [0.2, 0.25) is 0 Å². The molecule has 0 bridgehead atoms. The first-order valence-corrected chi connectivity index (χ1v) is 11.1. The van der Waals surface area contributed by atoms with Crippen LogP contribution in [0.5, 0.6) is 5.75 Å². The van der Waals surface area contributed by atoms with Crippen molar-refractivity contribution in [2.75, 3.05) is 0 Å². The Morgan fingerprint density at radius 3 is 2.19 bits per heavy atom. The Labute approximate surface area is 185 Å². The summed E-state index contributed by atoms with van der Waals surface area (Å²) in [5.41, 5.74) is 5.03. The third kappa shape index (κ3) is 3.78. The van der Waals surface area contributed by atoms with Gasteiger partial charge in [-0.3, -0.25) is 14.9 Å². The number of nitrogens with one attached hydrogen (secondary N) is 1. The first-order valence-electron chi connectivity index (χ1n) is 10.3. The average Bonchev–Trinajstić information content (AvgIpc) is 2.99. The molecular weight excluding hydrogens is 413 g/mol. The summed E-state index contributed by atoms with van der Waals surface area (Å²) in [5, 5.41) is 12.3. The molecule has 31 heavy (non-hydrogen) atoms. The Morgan fingerprint density at radius 2 is 1.61 bits per heavy atom. The lowest BCUT2D eigenvalue weighted by Gasteiger charge is -2.42. The van der Waals surface area contributed by atoms with E-state index in [-0.39, 0.29) is 15.7 Å². The van der Waals surface area contributed by atoms with Gasteiger partial charge in [0.05, 0.1) is 4.91 Å². The molecule has 1 aliphatic carbocycles. The molecular formula is C25H26FNO3S. The quantitative estimate of drug-likeness (QED) is 0.549. The van der Waals surface area contributed by atoms with Crippen molar-refractivity contribution in [3.8, 4) is 16.9 Å². The van der Waals surface area contributed by atoms with Crippen molar-refractivity contribution in [3.05, 3.63) is 57.2 Å². The number of imide groups is 1. The molecule has 1 fully saturated rings. The fourth-order valence-corrected chi connectivity index (χ4v) is 5.18. The molecule has 6 heteroatoms. The summed E-state index contributed by atoms with van der Waals surface area (Å²) in [6.07, 6.45) is 3.60. The van der Waals surface area contributed by atoms with Crippen molar-refractivity contribution < 1.29 is 19.1 Å². The zero-order valence-corrected chi connectivity index (χ0v) is 19.2. The summed E-state index contributed by atoms with van der Waals surface area (Å²) in [7, 11) is 0. The van der Waals surface area contributed by atoms with Crippen LogP contribution >= 0.6 is 11.8 Å². The van der Waals surface area contributed by atoms with Gasteiger partial charge in [-0.25, -0.2) is 4.39 Å². The standard InChI is InChI=1S/C25H26FNO3S/c1-13-8-17-18(25(4,5)7-6-24(17,2)3)12-15(13)16-9-14(10-19(26)21(16)28)11-20-22(29)27-23(30)31-20/h8-12,28H,6-7H2,1-5H3,(H,27,29,30). The van der Waals surface area contributed by atoms with E-state index in [4.69, 9.17) is 0 Å². The van der Waals surface area contributed by atoms with Crippen molar-refractivity contribution in [1.82, 2.24) is 5.32 Å². The molecule has 0 saturated carbocycles. The second kappa shape index (κ2) is 7.23. The molecule has 4 nitrogen and oxygen atoms in total. The van der Waals surface area contributed by atoms with Crippen LogP contribution in [-0.2, 0) is 15.6 Å². The van der Waals surface area contributed by atoms with Gasteiger partial charge in [-0.2, -0.15) is 0 Å². The highest BCUT2D eigenvalue weighted by Crippen LogP contribution is 2.48. The van der Waals surface area contributed by atoms with Gasteiger partial charge in [-0.05, 0) is 94.4 Å². The molecule has 2 amide bonds. The molecule has 0 unspecified atom stereocenters. The number of hydrogen-bond acceptors (Lipinski definition) is 4. The Bertz CT molecular complexity index is 1160. The predicted octanol–water partition coefficient (Wildman–Crippen LogP) is 6.18. The number of amides is 2. The maximum atomic E-state index is 14.7. The van der Waals surface area contributed by atoms with Gasteiger partial charge in [-0.1, -0.05) is 33.8 Å². The number of carbonyl (C=O) groups is 2. The van der Waals surface area contributed by atoms with Gasteiger partial charge in [0.25, 0.3) is 11.1 Å². The lowest BCUT2D eigenvalue weighted by atomic mass is 9.62. The van der Waals surface area contributed by atoms with Crippen LogP contribution in [-0.4, -0.2) is 16.3 Å². The minimum atomic E-state index is -0.768. The Hall–Kier alpha value is -2.60. The molecule has 2 aromatic carbocycles. The lowest BCUT2D eigenvalue weighted by Crippen LogP contribution is -2.34. The van der Waals surface area contributed by atoms with Crippen molar-refractivity contribution in [1.29, 1.82) is 0 Å². The minimum absolute atomic E-state index is 0.0278. The number of aryl methyl sites for hydroxylation is 1. The molecule has 4 rings (SSSR count). The predicted molar refractivity (Wildman–Crippen MR) is 123 cm³/mol. The highest BCUT2D eigenvalue weighted by atomic mass is 32.2. The van der Waals surface area contributed by atoms with Gasteiger partial charge in [0, 0.05) is 5.56 Å². The van der Waals surface area contributed by atoms with Gasteiger partial charge >= 0.3 is 0 Å². The summed E-state index contributed by atoms with van der Waals surface area (Å²) < 4.78 is 14.7. The number of fused-ring (bicyclic) bond motifs is 1. The highest BCUT2D eigenvalue weighted by Gasteiger charge is 2.37. The third-order valence-corrected chi connectivity index (χ3v) is 7.32. The second-order valence-electron chi connectivity index (χ2n) is 9.73. The maximum absolute atomic E-state index is 14.7. The number of phenolic OH excluding ortho intramolecular Hbond substituents is 1. The van der Waals surface area contributed by atoms with Crippen LogP contribution in [0, 0.1) is 12.7 Å². The molecule has 0 atom stereocenters. The SMILES string of the molecule is Cc1cc2c(cc1-c1cc(C=C3SC(=O)NC3=O)cc(F)c1O)C(C)(C)CCC2(C)C. The van der Waals surface area contributed by atoms with Crippen molar-refractivity contribution in [2.45, 2.75) is 58.3 Å². The minimum Gasteiger partial charge on any atom is -0.504 e. The molecule has 0 radical (unpaired) electrons. The normalized spacial score (nSPS) is 20.6. The zero-order chi connectivity index (χ0) is 22.7. The summed E-state index contributed by atoms with van der Waals surface area (Å²) in [5.74, 6) is -1.69. The van der Waals surface area contributed by atoms with Gasteiger partial charge in [0.15, 0.2) is 11.6 Å². The van der Waals surface area contributed by atoms with E-state index in [9.17, 15) is 19.1 Å². The van der Waals surface area contributed by atoms with Crippen molar-refractivity contribution in [3.63, 3.8) is 0 Å². The van der Waals surface area contributed by atoms with Crippen LogP contribution in [0.4, 0.5) is 9.18 Å². The molecule has 0 aromatic heterocycles. The van der Waals surface area contributed by atoms with Crippen LogP contribution < -0.4 is 5.32 Å². The number of thioether (sulfide) groups is 1. The number of aromatic hydroxyl groups is 1. The maximum Gasteiger partial charge on any atom is 0.290 e. The van der Waals surface area contributed by atoms with Crippen LogP contribution in [0.3, 0.4) is 0 Å². The Balaban J connectivity index is 1.89. The Morgan fingerprint density at radius 1 is 1.00 bits per heavy atom. The fourth-order valence-electron chi connectivity index (χ4n) is 4.49. The summed E-state index contributed by atoms with van der Waals surface area (Å²) in [6, 6.07) is 7.07. The van der Waals surface area contributed by atoms with E-state index in [2.05, 4.69) is 45.1 Å². The number of hydrogen-bond donors (Lipinski definition) is 2. The first-order chi connectivity index (χ1) is 14.4. The van der Waals surface area contributed by atoms with Gasteiger partial charge in [-0.15, -0.1) is 0 Å². The first kappa shape index (κ1) is 21.6. The molecule has 162 valence electrons. The van der Waals surface area contributed by atoms with Crippen molar-refractivity contribution >= 4 is 29.0 Å². The average molecular weight is 440 g/mol. The smallest absolute Gasteiger partial charge is 0.290 e. The van der Waals surface area contributed by atoms with E-state index in [1.807, 2.05) is 6.92 Å². The largest absolute Gasteiger partial charge is 0.504 e.